The Morgan fingerprint density at radius 1 is 1.20 bits per heavy atom. The average molecular weight is 271 g/mol. The van der Waals surface area contributed by atoms with Crippen molar-refractivity contribution in [2.75, 3.05) is 19.0 Å². The fraction of sp³-hybridized carbons (Fsp3) is 0.375. The lowest BCUT2D eigenvalue weighted by Gasteiger charge is -2.20. The summed E-state index contributed by atoms with van der Waals surface area (Å²) in [6.07, 6.45) is 2.87. The third kappa shape index (κ3) is 3.14. The number of aromatic nitrogens is 2. The van der Waals surface area contributed by atoms with Crippen LogP contribution in [0.2, 0.25) is 0 Å². The average Bonchev–Trinajstić information content (AvgIpc) is 2.47. The molecule has 1 aromatic carbocycles. The van der Waals surface area contributed by atoms with Crippen LogP contribution in [0.15, 0.2) is 36.5 Å². The predicted octanol–water partition coefficient (Wildman–Crippen LogP) is 3.04. The molecule has 0 amide bonds. The Labute approximate surface area is 120 Å². The van der Waals surface area contributed by atoms with Gasteiger partial charge >= 0.3 is 0 Å². The first-order valence-corrected chi connectivity index (χ1v) is 6.91. The molecule has 20 heavy (non-hydrogen) atoms. The van der Waals surface area contributed by atoms with Crippen LogP contribution in [-0.2, 0) is 0 Å². The molecule has 1 N–H and O–H groups in total. The lowest BCUT2D eigenvalue weighted by Crippen LogP contribution is -2.16. The van der Waals surface area contributed by atoms with Gasteiger partial charge in [0.2, 0.25) is 0 Å². The van der Waals surface area contributed by atoms with E-state index in [-0.39, 0.29) is 0 Å². The predicted molar refractivity (Wildman–Crippen MR) is 81.7 cm³/mol. The maximum Gasteiger partial charge on any atom is 0.161 e. The van der Waals surface area contributed by atoms with E-state index in [1.165, 1.54) is 0 Å². The number of aliphatic hydroxyl groups is 1. The maximum absolute atomic E-state index is 10.2. The highest BCUT2D eigenvalue weighted by atomic mass is 16.3. The van der Waals surface area contributed by atoms with E-state index in [1.54, 1.807) is 6.20 Å². The largest absolute Gasteiger partial charge is 0.388 e. The Hall–Kier alpha value is -1.94. The van der Waals surface area contributed by atoms with Gasteiger partial charge in [0, 0.05) is 31.4 Å². The van der Waals surface area contributed by atoms with Gasteiger partial charge in [-0.05, 0) is 6.42 Å². The van der Waals surface area contributed by atoms with Gasteiger partial charge < -0.3 is 10.0 Å². The number of nitrogens with zero attached hydrogens (tertiary/aromatic N) is 3. The lowest BCUT2D eigenvalue weighted by atomic mass is 10.1. The summed E-state index contributed by atoms with van der Waals surface area (Å²) in [5.41, 5.74) is 1.77. The van der Waals surface area contributed by atoms with Gasteiger partial charge in [0.05, 0.1) is 6.10 Å². The van der Waals surface area contributed by atoms with Gasteiger partial charge in [-0.2, -0.15) is 0 Å². The molecule has 0 aliphatic rings. The van der Waals surface area contributed by atoms with Crippen LogP contribution in [-0.4, -0.2) is 29.2 Å². The monoisotopic (exact) mass is 271 g/mol. The normalized spacial score (nSPS) is 12.2. The van der Waals surface area contributed by atoms with Gasteiger partial charge in [0.25, 0.3) is 0 Å². The van der Waals surface area contributed by atoms with Crippen LogP contribution in [0.3, 0.4) is 0 Å². The molecule has 1 atom stereocenters. The zero-order valence-corrected chi connectivity index (χ0v) is 12.2. The highest BCUT2D eigenvalue weighted by molar-refractivity contribution is 5.59. The molecule has 0 aliphatic heterocycles. The molecule has 0 bridgehead atoms. The molecular weight excluding hydrogens is 250 g/mol. The molecule has 1 unspecified atom stereocenters. The van der Waals surface area contributed by atoms with Crippen molar-refractivity contribution in [3.63, 3.8) is 0 Å². The highest BCUT2D eigenvalue weighted by Gasteiger charge is 2.16. The van der Waals surface area contributed by atoms with E-state index in [0.29, 0.717) is 5.82 Å². The van der Waals surface area contributed by atoms with Crippen molar-refractivity contribution in [1.29, 1.82) is 0 Å². The molecule has 1 aromatic heterocycles. The first-order valence-electron chi connectivity index (χ1n) is 6.91. The lowest BCUT2D eigenvalue weighted by molar-refractivity contribution is 0.166. The van der Waals surface area contributed by atoms with Crippen molar-refractivity contribution in [2.24, 2.45) is 0 Å². The van der Waals surface area contributed by atoms with Crippen molar-refractivity contribution >= 4 is 5.82 Å². The van der Waals surface area contributed by atoms with Crippen LogP contribution in [0.25, 0.3) is 11.4 Å². The van der Waals surface area contributed by atoms with Crippen molar-refractivity contribution < 1.29 is 5.11 Å². The fourth-order valence-corrected chi connectivity index (χ4v) is 2.13. The first kappa shape index (κ1) is 14.5. The molecule has 1 heterocycles. The van der Waals surface area contributed by atoms with E-state index in [4.69, 9.17) is 0 Å². The van der Waals surface area contributed by atoms with Crippen LogP contribution in [0, 0.1) is 0 Å². The van der Waals surface area contributed by atoms with Crippen LogP contribution in [0.4, 0.5) is 5.82 Å². The van der Waals surface area contributed by atoms with Gasteiger partial charge in [0.1, 0.15) is 5.82 Å². The molecule has 2 aromatic rings. The van der Waals surface area contributed by atoms with Crippen molar-refractivity contribution in [1.82, 2.24) is 9.97 Å². The minimum atomic E-state index is -0.512. The summed E-state index contributed by atoms with van der Waals surface area (Å²) < 4.78 is 0. The number of hydrogen-bond acceptors (Lipinski definition) is 4. The molecule has 0 fully saturated rings. The number of benzene rings is 1. The Bertz CT molecular complexity index is 555. The summed E-state index contributed by atoms with van der Waals surface area (Å²) in [6.45, 7) is 2.05. The van der Waals surface area contributed by atoms with Gasteiger partial charge in [0.15, 0.2) is 5.82 Å². The van der Waals surface area contributed by atoms with Crippen LogP contribution in [0.1, 0.15) is 31.4 Å². The second-order valence-electron chi connectivity index (χ2n) is 5.04. The van der Waals surface area contributed by atoms with Crippen LogP contribution >= 0.6 is 0 Å². The minimum absolute atomic E-state index is 0.512. The summed E-state index contributed by atoms with van der Waals surface area (Å²) in [7, 11) is 3.86. The van der Waals surface area contributed by atoms with E-state index in [1.807, 2.05) is 49.3 Å². The van der Waals surface area contributed by atoms with E-state index in [2.05, 4.69) is 16.9 Å². The SMILES string of the molecule is CCCC(O)c1cnc(-c2ccccc2)nc1N(C)C. The molecule has 0 radical (unpaired) electrons. The Morgan fingerprint density at radius 2 is 1.90 bits per heavy atom. The van der Waals surface area contributed by atoms with Gasteiger partial charge in [-0.15, -0.1) is 0 Å². The third-order valence-corrected chi connectivity index (χ3v) is 3.17. The third-order valence-electron chi connectivity index (χ3n) is 3.17. The minimum Gasteiger partial charge on any atom is -0.388 e. The number of anilines is 1. The summed E-state index contributed by atoms with van der Waals surface area (Å²) >= 11 is 0. The molecule has 0 spiro atoms. The Balaban J connectivity index is 2.43. The van der Waals surface area contributed by atoms with E-state index < -0.39 is 6.10 Å². The second kappa shape index (κ2) is 6.48. The zero-order valence-electron chi connectivity index (χ0n) is 12.2. The quantitative estimate of drug-likeness (QED) is 0.908. The number of hydrogen-bond donors (Lipinski definition) is 1. The fourth-order valence-electron chi connectivity index (χ4n) is 2.13. The molecule has 2 rings (SSSR count). The standard InChI is InChI=1S/C16H21N3O/c1-4-8-14(20)13-11-17-15(18-16(13)19(2)3)12-9-6-5-7-10-12/h5-7,9-11,14,20H,4,8H2,1-3H3. The molecule has 4 nitrogen and oxygen atoms in total. The van der Waals surface area contributed by atoms with Gasteiger partial charge in [-0.1, -0.05) is 43.7 Å². The van der Waals surface area contributed by atoms with Gasteiger partial charge in [-0.25, -0.2) is 9.97 Å². The maximum atomic E-state index is 10.2. The summed E-state index contributed by atoms with van der Waals surface area (Å²) in [6, 6.07) is 9.87. The van der Waals surface area contributed by atoms with Crippen molar-refractivity contribution in [3.05, 3.63) is 42.1 Å². The summed E-state index contributed by atoms with van der Waals surface area (Å²) in [5.74, 6) is 1.46. The first-order chi connectivity index (χ1) is 9.63. The summed E-state index contributed by atoms with van der Waals surface area (Å²) in [4.78, 5) is 10.9. The van der Waals surface area contributed by atoms with Crippen molar-refractivity contribution in [2.45, 2.75) is 25.9 Å². The Kier molecular flexibility index (Phi) is 4.69. The summed E-state index contributed by atoms with van der Waals surface area (Å²) in [5, 5.41) is 10.2. The number of aliphatic hydroxyl groups excluding tert-OH is 1. The van der Waals surface area contributed by atoms with Crippen LogP contribution in [0.5, 0.6) is 0 Å². The van der Waals surface area contributed by atoms with E-state index in [9.17, 15) is 5.11 Å². The topological polar surface area (TPSA) is 49.3 Å². The van der Waals surface area contributed by atoms with Gasteiger partial charge in [-0.3, -0.25) is 0 Å². The Morgan fingerprint density at radius 3 is 2.50 bits per heavy atom. The molecule has 0 saturated heterocycles. The molecule has 0 aliphatic carbocycles. The number of rotatable bonds is 5. The highest BCUT2D eigenvalue weighted by Crippen LogP contribution is 2.27. The second-order valence-corrected chi connectivity index (χ2v) is 5.04. The smallest absolute Gasteiger partial charge is 0.161 e. The van der Waals surface area contributed by atoms with Crippen molar-refractivity contribution in [3.8, 4) is 11.4 Å². The molecular formula is C16H21N3O. The van der Waals surface area contributed by atoms with E-state index in [0.717, 1.165) is 29.8 Å². The zero-order chi connectivity index (χ0) is 14.5. The van der Waals surface area contributed by atoms with E-state index >= 15 is 0 Å². The molecule has 0 saturated carbocycles. The molecule has 4 heteroatoms. The van der Waals surface area contributed by atoms with Crippen LogP contribution < -0.4 is 4.90 Å². The molecule has 106 valence electrons.